The largest absolute Gasteiger partial charge is 0.394 e. The van der Waals surface area contributed by atoms with E-state index in [1.54, 1.807) is 23.7 Å². The maximum atomic E-state index is 8.83. The van der Waals surface area contributed by atoms with Crippen molar-refractivity contribution in [3.05, 3.63) is 60.9 Å². The van der Waals surface area contributed by atoms with Gasteiger partial charge in [-0.25, -0.2) is 9.97 Å². The van der Waals surface area contributed by atoms with Crippen LogP contribution in [0.25, 0.3) is 32.0 Å². The summed E-state index contributed by atoms with van der Waals surface area (Å²) in [5.41, 5.74) is 2.03. The molecular weight excluding hydrogens is 372 g/mol. The van der Waals surface area contributed by atoms with Crippen molar-refractivity contribution in [3.8, 4) is 21.8 Å². The predicted octanol–water partition coefficient (Wildman–Crippen LogP) is 3.84. The Hall–Kier alpha value is -2.87. The Labute approximate surface area is 166 Å². The topological polar surface area (TPSA) is 80.2 Å². The third-order valence-corrected chi connectivity index (χ3v) is 5.22. The number of rotatable bonds is 8. The zero-order chi connectivity index (χ0) is 19.2. The number of nitrogens with one attached hydrogen (secondary N) is 1. The van der Waals surface area contributed by atoms with Gasteiger partial charge in [-0.1, -0.05) is 30.3 Å². The molecule has 0 unspecified atom stereocenters. The summed E-state index contributed by atoms with van der Waals surface area (Å²) < 4.78 is 5.34. The lowest BCUT2D eigenvalue weighted by atomic mass is 10.2. The molecule has 4 aromatic rings. The Morgan fingerprint density at radius 3 is 2.64 bits per heavy atom. The van der Waals surface area contributed by atoms with Crippen LogP contribution in [0.2, 0.25) is 0 Å². The molecule has 0 atom stereocenters. The number of nitrogens with zero attached hydrogens (tertiary/aromatic N) is 3. The molecule has 3 heterocycles. The summed E-state index contributed by atoms with van der Waals surface area (Å²) in [7, 11) is 0. The Morgan fingerprint density at radius 1 is 1.00 bits per heavy atom. The standard InChI is InChI=1S/C21H20N4O2S/c26-10-12-27-11-9-23-20-17-13-18(15-5-2-1-3-6-15)28-21(17)25-19(24-20)16-7-4-8-22-14-16/h1-8,13-14,26H,9-12H2,(H,23,24,25). The molecule has 6 nitrogen and oxygen atoms in total. The molecule has 0 saturated heterocycles. The first-order valence-corrected chi connectivity index (χ1v) is 9.86. The number of pyridine rings is 1. The first-order chi connectivity index (χ1) is 13.8. The van der Waals surface area contributed by atoms with Crippen LogP contribution in [-0.2, 0) is 4.74 Å². The van der Waals surface area contributed by atoms with Crippen molar-refractivity contribution in [1.29, 1.82) is 0 Å². The van der Waals surface area contributed by atoms with Crippen molar-refractivity contribution in [1.82, 2.24) is 15.0 Å². The van der Waals surface area contributed by atoms with Gasteiger partial charge in [-0.3, -0.25) is 4.98 Å². The maximum absolute atomic E-state index is 8.83. The number of fused-ring (bicyclic) bond motifs is 1. The molecule has 0 radical (unpaired) electrons. The van der Waals surface area contributed by atoms with Gasteiger partial charge in [0.1, 0.15) is 10.6 Å². The van der Waals surface area contributed by atoms with Crippen LogP contribution in [0.4, 0.5) is 5.82 Å². The maximum Gasteiger partial charge on any atom is 0.164 e. The fourth-order valence-corrected chi connectivity index (χ4v) is 3.87. The number of aliphatic hydroxyl groups excluding tert-OH is 1. The van der Waals surface area contributed by atoms with Crippen LogP contribution in [0.1, 0.15) is 0 Å². The third-order valence-electron chi connectivity index (χ3n) is 4.15. The molecule has 0 saturated carbocycles. The molecule has 7 heteroatoms. The molecule has 0 spiro atoms. The van der Waals surface area contributed by atoms with Crippen LogP contribution in [0.5, 0.6) is 0 Å². The number of hydrogen-bond acceptors (Lipinski definition) is 7. The number of aliphatic hydroxyl groups is 1. The highest BCUT2D eigenvalue weighted by Gasteiger charge is 2.14. The summed E-state index contributed by atoms with van der Waals surface area (Å²) in [6.45, 7) is 1.44. The molecule has 0 fully saturated rings. The highest BCUT2D eigenvalue weighted by atomic mass is 32.1. The monoisotopic (exact) mass is 392 g/mol. The minimum atomic E-state index is 0.0217. The van der Waals surface area contributed by atoms with Crippen LogP contribution in [0, 0.1) is 0 Å². The normalized spacial score (nSPS) is 11.0. The van der Waals surface area contributed by atoms with Gasteiger partial charge < -0.3 is 15.2 Å². The van der Waals surface area contributed by atoms with E-state index in [0.717, 1.165) is 32.0 Å². The van der Waals surface area contributed by atoms with Gasteiger partial charge in [0.25, 0.3) is 0 Å². The molecule has 0 aliphatic carbocycles. The summed E-state index contributed by atoms with van der Waals surface area (Å²) in [6.07, 6.45) is 3.50. The van der Waals surface area contributed by atoms with E-state index in [0.29, 0.717) is 25.6 Å². The fourth-order valence-electron chi connectivity index (χ4n) is 2.83. The van der Waals surface area contributed by atoms with Gasteiger partial charge in [0.15, 0.2) is 5.82 Å². The van der Waals surface area contributed by atoms with Crippen molar-refractivity contribution in [2.24, 2.45) is 0 Å². The zero-order valence-electron chi connectivity index (χ0n) is 15.2. The molecule has 0 amide bonds. The van der Waals surface area contributed by atoms with Gasteiger partial charge in [-0.15, -0.1) is 11.3 Å². The molecule has 4 rings (SSSR count). The number of hydrogen-bond donors (Lipinski definition) is 2. The molecule has 142 valence electrons. The average molecular weight is 392 g/mol. The minimum Gasteiger partial charge on any atom is -0.394 e. The molecule has 1 aromatic carbocycles. The van der Waals surface area contributed by atoms with Crippen LogP contribution in [0.15, 0.2) is 60.9 Å². The second-order valence-corrected chi connectivity index (χ2v) is 7.13. The summed E-state index contributed by atoms with van der Waals surface area (Å²) in [5, 5.41) is 13.2. The van der Waals surface area contributed by atoms with E-state index in [4.69, 9.17) is 19.8 Å². The van der Waals surface area contributed by atoms with E-state index in [1.165, 1.54) is 0 Å². The van der Waals surface area contributed by atoms with Crippen LogP contribution in [0.3, 0.4) is 0 Å². The second-order valence-electron chi connectivity index (χ2n) is 6.10. The van der Waals surface area contributed by atoms with Crippen LogP contribution >= 0.6 is 11.3 Å². The first kappa shape index (κ1) is 18.5. The van der Waals surface area contributed by atoms with Crippen molar-refractivity contribution >= 4 is 27.4 Å². The molecule has 0 bridgehead atoms. The lowest BCUT2D eigenvalue weighted by Crippen LogP contribution is -2.12. The van der Waals surface area contributed by atoms with Gasteiger partial charge in [-0.05, 0) is 23.8 Å². The van der Waals surface area contributed by atoms with E-state index in [-0.39, 0.29) is 6.61 Å². The fraction of sp³-hybridized carbons (Fsp3) is 0.190. The quantitative estimate of drug-likeness (QED) is 0.444. The lowest BCUT2D eigenvalue weighted by Gasteiger charge is -2.09. The van der Waals surface area contributed by atoms with Gasteiger partial charge in [0.05, 0.1) is 25.2 Å². The van der Waals surface area contributed by atoms with Crippen molar-refractivity contribution < 1.29 is 9.84 Å². The number of aromatic nitrogens is 3. The average Bonchev–Trinajstić information content (AvgIpc) is 3.19. The zero-order valence-corrected chi connectivity index (χ0v) is 16.0. The molecule has 0 aliphatic rings. The van der Waals surface area contributed by atoms with E-state index in [1.807, 2.05) is 30.3 Å². The second kappa shape index (κ2) is 8.88. The Kier molecular flexibility index (Phi) is 5.86. The Morgan fingerprint density at radius 2 is 1.86 bits per heavy atom. The Balaban J connectivity index is 1.71. The van der Waals surface area contributed by atoms with Gasteiger partial charge >= 0.3 is 0 Å². The number of benzene rings is 1. The SMILES string of the molecule is OCCOCCNc1nc(-c2cccnc2)nc2sc(-c3ccccc3)cc12. The number of anilines is 1. The summed E-state index contributed by atoms with van der Waals surface area (Å²) in [5.74, 6) is 1.41. The lowest BCUT2D eigenvalue weighted by molar-refractivity contribution is 0.0992. The molecule has 3 aromatic heterocycles. The summed E-state index contributed by atoms with van der Waals surface area (Å²) >= 11 is 1.64. The Bertz CT molecular complexity index is 1040. The predicted molar refractivity (Wildman–Crippen MR) is 112 cm³/mol. The summed E-state index contributed by atoms with van der Waals surface area (Å²) in [4.78, 5) is 15.8. The summed E-state index contributed by atoms with van der Waals surface area (Å²) in [6, 6.07) is 16.2. The van der Waals surface area contributed by atoms with Crippen LogP contribution < -0.4 is 5.32 Å². The van der Waals surface area contributed by atoms with Crippen molar-refractivity contribution in [2.75, 3.05) is 31.7 Å². The van der Waals surface area contributed by atoms with E-state index in [2.05, 4.69) is 28.5 Å². The van der Waals surface area contributed by atoms with Crippen molar-refractivity contribution in [3.63, 3.8) is 0 Å². The number of thiophene rings is 1. The first-order valence-electron chi connectivity index (χ1n) is 9.05. The van der Waals surface area contributed by atoms with E-state index >= 15 is 0 Å². The van der Waals surface area contributed by atoms with Crippen LogP contribution in [-0.4, -0.2) is 46.4 Å². The molecule has 28 heavy (non-hydrogen) atoms. The van der Waals surface area contributed by atoms with Gasteiger partial charge in [-0.2, -0.15) is 0 Å². The smallest absolute Gasteiger partial charge is 0.164 e. The molecule has 0 aliphatic heterocycles. The highest BCUT2D eigenvalue weighted by molar-refractivity contribution is 7.21. The van der Waals surface area contributed by atoms with Crippen molar-refractivity contribution in [2.45, 2.75) is 0 Å². The highest BCUT2D eigenvalue weighted by Crippen LogP contribution is 2.36. The van der Waals surface area contributed by atoms with E-state index < -0.39 is 0 Å². The van der Waals surface area contributed by atoms with Gasteiger partial charge in [0.2, 0.25) is 0 Å². The van der Waals surface area contributed by atoms with Gasteiger partial charge in [0, 0.05) is 29.4 Å². The number of ether oxygens (including phenoxy) is 1. The molecule has 2 N–H and O–H groups in total. The van der Waals surface area contributed by atoms with E-state index in [9.17, 15) is 0 Å². The molecular formula is C21H20N4O2S. The minimum absolute atomic E-state index is 0.0217. The third kappa shape index (κ3) is 4.17.